The normalized spacial score (nSPS) is 18.3. The van der Waals surface area contributed by atoms with Gasteiger partial charge in [0.2, 0.25) is 0 Å². The summed E-state index contributed by atoms with van der Waals surface area (Å²) in [5.41, 5.74) is 3.46. The first-order chi connectivity index (χ1) is 8.72. The minimum atomic E-state index is -0.389. The smallest absolute Gasteiger partial charge is 0.0886 e. The van der Waals surface area contributed by atoms with Gasteiger partial charge in [-0.15, -0.1) is 0 Å². The molecule has 0 heterocycles. The van der Waals surface area contributed by atoms with E-state index in [-0.39, 0.29) is 11.5 Å². The maximum absolute atomic E-state index is 10.7. The molecule has 1 unspecified atom stereocenters. The largest absolute Gasteiger partial charge is 0.387 e. The second kappa shape index (κ2) is 4.25. The van der Waals surface area contributed by atoms with E-state index in [1.165, 1.54) is 11.1 Å². The Balaban J connectivity index is 1.95. The molecule has 1 saturated carbocycles. The lowest BCUT2D eigenvalue weighted by Crippen LogP contribution is -2.18. The fraction of sp³-hybridized carbons (Fsp3) is 0.294. The lowest BCUT2D eigenvalue weighted by molar-refractivity contribution is 0.133. The summed E-state index contributed by atoms with van der Waals surface area (Å²) in [7, 11) is 0. The quantitative estimate of drug-likeness (QED) is 0.863. The van der Waals surface area contributed by atoms with E-state index in [2.05, 4.69) is 43.3 Å². The highest BCUT2D eigenvalue weighted by Gasteiger charge is 2.50. The molecular weight excluding hydrogens is 220 g/mol. The number of hydrogen-bond donors (Lipinski definition) is 1. The van der Waals surface area contributed by atoms with Crippen molar-refractivity contribution in [3.05, 3.63) is 71.3 Å². The zero-order chi connectivity index (χ0) is 12.6. The summed E-state index contributed by atoms with van der Waals surface area (Å²) in [4.78, 5) is 0. The first kappa shape index (κ1) is 11.5. The summed E-state index contributed by atoms with van der Waals surface area (Å²) >= 11 is 0. The summed E-state index contributed by atoms with van der Waals surface area (Å²) < 4.78 is 0. The Labute approximate surface area is 108 Å². The van der Waals surface area contributed by atoms with E-state index in [0.717, 1.165) is 18.4 Å². The molecule has 1 N–H and O–H groups in total. The standard InChI is InChI=1S/C17H18O/c1-13-6-5-7-14(12-13)16(18)17(10-11-17)15-8-3-2-4-9-15/h2-9,12,16,18H,10-11H2,1H3. The summed E-state index contributed by atoms with van der Waals surface area (Å²) in [6, 6.07) is 18.6. The molecule has 1 fully saturated rings. The Hall–Kier alpha value is -1.60. The third kappa shape index (κ3) is 1.85. The Morgan fingerprint density at radius 2 is 1.72 bits per heavy atom. The molecule has 1 atom stereocenters. The van der Waals surface area contributed by atoms with Crippen LogP contribution in [0.2, 0.25) is 0 Å². The van der Waals surface area contributed by atoms with E-state index in [4.69, 9.17) is 0 Å². The van der Waals surface area contributed by atoms with E-state index >= 15 is 0 Å². The lowest BCUT2D eigenvalue weighted by Gasteiger charge is -2.23. The van der Waals surface area contributed by atoms with E-state index < -0.39 is 0 Å². The van der Waals surface area contributed by atoms with Crippen LogP contribution in [0, 0.1) is 6.92 Å². The van der Waals surface area contributed by atoms with Gasteiger partial charge in [-0.3, -0.25) is 0 Å². The summed E-state index contributed by atoms with van der Waals surface area (Å²) in [5, 5.41) is 10.7. The van der Waals surface area contributed by atoms with E-state index in [1.54, 1.807) is 0 Å². The molecule has 0 radical (unpaired) electrons. The molecule has 92 valence electrons. The molecule has 0 amide bonds. The van der Waals surface area contributed by atoms with E-state index in [0.29, 0.717) is 0 Å². The van der Waals surface area contributed by atoms with Crippen LogP contribution in [0.1, 0.15) is 35.6 Å². The number of aliphatic hydroxyl groups is 1. The fourth-order valence-corrected chi connectivity index (χ4v) is 2.78. The van der Waals surface area contributed by atoms with Gasteiger partial charge in [-0.1, -0.05) is 60.2 Å². The SMILES string of the molecule is Cc1cccc(C(O)C2(c3ccccc3)CC2)c1. The molecule has 1 nitrogen and oxygen atoms in total. The molecule has 0 spiro atoms. The third-order valence-corrected chi connectivity index (χ3v) is 4.02. The van der Waals surface area contributed by atoms with Crippen LogP contribution >= 0.6 is 0 Å². The van der Waals surface area contributed by atoms with Crippen molar-refractivity contribution in [2.45, 2.75) is 31.3 Å². The highest BCUT2D eigenvalue weighted by Crippen LogP contribution is 2.56. The van der Waals surface area contributed by atoms with Crippen molar-refractivity contribution in [2.24, 2.45) is 0 Å². The molecule has 0 aromatic heterocycles. The van der Waals surface area contributed by atoms with Crippen molar-refractivity contribution in [3.63, 3.8) is 0 Å². The molecule has 2 aromatic carbocycles. The Bertz CT molecular complexity index is 541. The predicted molar refractivity (Wildman–Crippen MR) is 73.5 cm³/mol. The molecule has 0 saturated heterocycles. The Morgan fingerprint density at radius 3 is 2.33 bits per heavy atom. The minimum absolute atomic E-state index is 0.0466. The molecule has 1 aliphatic rings. The van der Waals surface area contributed by atoms with Crippen molar-refractivity contribution in [1.29, 1.82) is 0 Å². The maximum Gasteiger partial charge on any atom is 0.0886 e. The van der Waals surface area contributed by atoms with Gasteiger partial charge < -0.3 is 5.11 Å². The third-order valence-electron chi connectivity index (χ3n) is 4.02. The highest BCUT2D eigenvalue weighted by atomic mass is 16.3. The Morgan fingerprint density at radius 1 is 1.00 bits per heavy atom. The van der Waals surface area contributed by atoms with Gasteiger partial charge in [0, 0.05) is 5.41 Å². The second-order valence-electron chi connectivity index (χ2n) is 5.34. The van der Waals surface area contributed by atoms with Crippen LogP contribution < -0.4 is 0 Å². The van der Waals surface area contributed by atoms with Gasteiger partial charge in [0.15, 0.2) is 0 Å². The summed E-state index contributed by atoms with van der Waals surface area (Å²) in [5.74, 6) is 0. The van der Waals surface area contributed by atoms with Crippen molar-refractivity contribution in [3.8, 4) is 0 Å². The lowest BCUT2D eigenvalue weighted by atomic mass is 9.86. The van der Waals surface area contributed by atoms with Gasteiger partial charge in [0.05, 0.1) is 6.10 Å². The topological polar surface area (TPSA) is 20.2 Å². The number of hydrogen-bond acceptors (Lipinski definition) is 1. The van der Waals surface area contributed by atoms with Crippen LogP contribution in [0.3, 0.4) is 0 Å². The van der Waals surface area contributed by atoms with Crippen LogP contribution in [-0.4, -0.2) is 5.11 Å². The highest BCUT2D eigenvalue weighted by molar-refractivity contribution is 5.38. The minimum Gasteiger partial charge on any atom is -0.387 e. The zero-order valence-corrected chi connectivity index (χ0v) is 10.6. The molecule has 2 aromatic rings. The van der Waals surface area contributed by atoms with Crippen LogP contribution in [0.5, 0.6) is 0 Å². The van der Waals surface area contributed by atoms with Gasteiger partial charge >= 0.3 is 0 Å². The van der Waals surface area contributed by atoms with E-state index in [1.807, 2.05) is 18.2 Å². The van der Waals surface area contributed by atoms with Crippen molar-refractivity contribution >= 4 is 0 Å². The van der Waals surface area contributed by atoms with Crippen LogP contribution in [0.25, 0.3) is 0 Å². The first-order valence-corrected chi connectivity index (χ1v) is 6.52. The molecule has 1 heteroatoms. The predicted octanol–water partition coefficient (Wildman–Crippen LogP) is 3.76. The maximum atomic E-state index is 10.7. The first-order valence-electron chi connectivity index (χ1n) is 6.52. The molecule has 3 rings (SSSR count). The van der Waals surface area contributed by atoms with Gasteiger partial charge in [-0.25, -0.2) is 0 Å². The van der Waals surface area contributed by atoms with Gasteiger partial charge in [0.25, 0.3) is 0 Å². The van der Waals surface area contributed by atoms with Gasteiger partial charge in [-0.05, 0) is 30.9 Å². The van der Waals surface area contributed by atoms with Gasteiger partial charge in [-0.2, -0.15) is 0 Å². The monoisotopic (exact) mass is 238 g/mol. The Kier molecular flexibility index (Phi) is 2.71. The number of benzene rings is 2. The molecule has 0 aliphatic heterocycles. The number of rotatable bonds is 3. The van der Waals surface area contributed by atoms with Crippen molar-refractivity contribution < 1.29 is 5.11 Å². The molecule has 1 aliphatic carbocycles. The van der Waals surface area contributed by atoms with Crippen LogP contribution in [0.15, 0.2) is 54.6 Å². The van der Waals surface area contributed by atoms with Crippen LogP contribution in [0.4, 0.5) is 0 Å². The van der Waals surface area contributed by atoms with E-state index in [9.17, 15) is 5.11 Å². The van der Waals surface area contributed by atoms with Crippen molar-refractivity contribution in [2.75, 3.05) is 0 Å². The summed E-state index contributed by atoms with van der Waals surface area (Å²) in [6.45, 7) is 2.07. The average molecular weight is 238 g/mol. The average Bonchev–Trinajstić information content (AvgIpc) is 3.20. The van der Waals surface area contributed by atoms with Crippen LogP contribution in [-0.2, 0) is 5.41 Å². The number of aliphatic hydroxyl groups excluding tert-OH is 1. The zero-order valence-electron chi connectivity index (χ0n) is 10.6. The summed E-state index contributed by atoms with van der Waals surface area (Å²) in [6.07, 6.45) is 1.76. The molecule has 18 heavy (non-hydrogen) atoms. The van der Waals surface area contributed by atoms with Gasteiger partial charge in [0.1, 0.15) is 0 Å². The second-order valence-corrected chi connectivity index (χ2v) is 5.34. The fourth-order valence-electron chi connectivity index (χ4n) is 2.78. The number of aryl methyl sites for hydroxylation is 1. The van der Waals surface area contributed by atoms with Crippen molar-refractivity contribution in [1.82, 2.24) is 0 Å². The molecular formula is C17H18O. The molecule has 0 bridgehead atoms.